The molecule has 0 heterocycles. The first-order valence-corrected chi connectivity index (χ1v) is 6.84. The standard InChI is InChI=1S/C17H18N2O3/c1-19(2)15-7-5-14(6-8-15)18-17(21)12-22-16-9-3-13(11-20)4-10-16/h3-11H,12H2,1-2H3,(H,18,21). The van der Waals surface area contributed by atoms with Crippen LogP contribution in [0.25, 0.3) is 0 Å². The minimum atomic E-state index is -0.239. The Morgan fingerprint density at radius 1 is 1.09 bits per heavy atom. The molecule has 0 fully saturated rings. The van der Waals surface area contributed by atoms with E-state index in [0.29, 0.717) is 11.3 Å². The second kappa shape index (κ2) is 7.26. The van der Waals surface area contributed by atoms with Crippen LogP contribution >= 0.6 is 0 Å². The number of hydrogen-bond donors (Lipinski definition) is 1. The summed E-state index contributed by atoms with van der Waals surface area (Å²) in [7, 11) is 3.91. The van der Waals surface area contributed by atoms with E-state index in [1.807, 2.05) is 43.3 Å². The highest BCUT2D eigenvalue weighted by Crippen LogP contribution is 2.16. The lowest BCUT2D eigenvalue weighted by Crippen LogP contribution is -2.20. The summed E-state index contributed by atoms with van der Waals surface area (Å²) in [6, 6.07) is 14.1. The summed E-state index contributed by atoms with van der Waals surface area (Å²) in [5, 5.41) is 2.76. The van der Waals surface area contributed by atoms with Crippen LogP contribution in [0, 0.1) is 0 Å². The summed E-state index contributed by atoms with van der Waals surface area (Å²) in [5.74, 6) is 0.306. The Balaban J connectivity index is 1.85. The van der Waals surface area contributed by atoms with Crippen molar-refractivity contribution in [3.05, 3.63) is 54.1 Å². The lowest BCUT2D eigenvalue weighted by molar-refractivity contribution is -0.118. The van der Waals surface area contributed by atoms with Crippen molar-refractivity contribution in [1.29, 1.82) is 0 Å². The molecule has 5 heteroatoms. The van der Waals surface area contributed by atoms with Gasteiger partial charge in [0, 0.05) is 31.0 Å². The molecular formula is C17H18N2O3. The van der Waals surface area contributed by atoms with Crippen LogP contribution in [0.3, 0.4) is 0 Å². The predicted molar refractivity (Wildman–Crippen MR) is 86.7 cm³/mol. The number of nitrogens with zero attached hydrogens (tertiary/aromatic N) is 1. The molecule has 0 aromatic heterocycles. The number of anilines is 2. The topological polar surface area (TPSA) is 58.6 Å². The van der Waals surface area contributed by atoms with E-state index in [0.717, 1.165) is 17.7 Å². The summed E-state index contributed by atoms with van der Waals surface area (Å²) in [6.07, 6.45) is 0.758. The first-order valence-electron chi connectivity index (χ1n) is 6.84. The molecule has 22 heavy (non-hydrogen) atoms. The van der Waals surface area contributed by atoms with Gasteiger partial charge in [-0.15, -0.1) is 0 Å². The van der Waals surface area contributed by atoms with Crippen LogP contribution in [0.2, 0.25) is 0 Å². The van der Waals surface area contributed by atoms with Gasteiger partial charge in [-0.3, -0.25) is 9.59 Å². The Kier molecular flexibility index (Phi) is 5.14. The van der Waals surface area contributed by atoms with Gasteiger partial charge < -0.3 is 15.0 Å². The molecule has 0 saturated carbocycles. The molecule has 1 amide bonds. The third-order valence-corrected chi connectivity index (χ3v) is 3.05. The Morgan fingerprint density at radius 2 is 1.73 bits per heavy atom. The highest BCUT2D eigenvalue weighted by Gasteiger charge is 2.04. The fourth-order valence-electron chi connectivity index (χ4n) is 1.83. The summed E-state index contributed by atoms with van der Waals surface area (Å²) in [5.41, 5.74) is 2.35. The van der Waals surface area contributed by atoms with Crippen molar-refractivity contribution < 1.29 is 14.3 Å². The van der Waals surface area contributed by atoms with E-state index in [1.54, 1.807) is 24.3 Å². The number of nitrogens with one attached hydrogen (secondary N) is 1. The van der Waals surface area contributed by atoms with E-state index in [-0.39, 0.29) is 12.5 Å². The van der Waals surface area contributed by atoms with Gasteiger partial charge in [-0.05, 0) is 48.5 Å². The van der Waals surface area contributed by atoms with Gasteiger partial charge in [-0.25, -0.2) is 0 Å². The normalized spacial score (nSPS) is 9.91. The van der Waals surface area contributed by atoms with Crippen molar-refractivity contribution in [3.8, 4) is 5.75 Å². The van der Waals surface area contributed by atoms with Crippen LogP contribution in [0.15, 0.2) is 48.5 Å². The third kappa shape index (κ3) is 4.34. The molecule has 0 radical (unpaired) electrons. The van der Waals surface area contributed by atoms with Crippen LogP contribution in [0.1, 0.15) is 10.4 Å². The molecule has 0 spiro atoms. The zero-order valence-corrected chi connectivity index (χ0v) is 12.6. The van der Waals surface area contributed by atoms with Crippen LogP contribution in [-0.2, 0) is 4.79 Å². The fraction of sp³-hybridized carbons (Fsp3) is 0.176. The number of rotatable bonds is 6. The van der Waals surface area contributed by atoms with Crippen molar-refractivity contribution in [1.82, 2.24) is 0 Å². The van der Waals surface area contributed by atoms with E-state index in [1.165, 1.54) is 0 Å². The maximum atomic E-state index is 11.8. The van der Waals surface area contributed by atoms with Gasteiger partial charge in [-0.2, -0.15) is 0 Å². The zero-order chi connectivity index (χ0) is 15.9. The SMILES string of the molecule is CN(C)c1ccc(NC(=O)COc2ccc(C=O)cc2)cc1. The number of ether oxygens (including phenoxy) is 1. The Bertz CT molecular complexity index is 634. The maximum Gasteiger partial charge on any atom is 0.262 e. The Morgan fingerprint density at radius 3 is 2.27 bits per heavy atom. The van der Waals surface area contributed by atoms with Gasteiger partial charge in [0.15, 0.2) is 6.61 Å². The van der Waals surface area contributed by atoms with Crippen LogP contribution < -0.4 is 15.0 Å². The van der Waals surface area contributed by atoms with Crippen LogP contribution in [0.5, 0.6) is 5.75 Å². The Hall–Kier alpha value is -2.82. The van der Waals surface area contributed by atoms with E-state index < -0.39 is 0 Å². The van der Waals surface area contributed by atoms with Gasteiger partial charge in [0.25, 0.3) is 5.91 Å². The molecule has 114 valence electrons. The van der Waals surface area contributed by atoms with Crippen molar-refractivity contribution in [2.45, 2.75) is 0 Å². The third-order valence-electron chi connectivity index (χ3n) is 3.05. The molecule has 0 aliphatic carbocycles. The van der Waals surface area contributed by atoms with E-state index in [2.05, 4.69) is 5.32 Å². The second-order valence-corrected chi connectivity index (χ2v) is 4.97. The van der Waals surface area contributed by atoms with Gasteiger partial charge in [0.05, 0.1) is 0 Å². The van der Waals surface area contributed by atoms with Crippen molar-refractivity contribution in [2.75, 3.05) is 30.9 Å². The summed E-state index contributed by atoms with van der Waals surface area (Å²) in [4.78, 5) is 24.4. The van der Waals surface area contributed by atoms with Gasteiger partial charge in [0.1, 0.15) is 12.0 Å². The lowest BCUT2D eigenvalue weighted by atomic mass is 10.2. The maximum absolute atomic E-state index is 11.8. The molecule has 5 nitrogen and oxygen atoms in total. The van der Waals surface area contributed by atoms with Crippen molar-refractivity contribution in [3.63, 3.8) is 0 Å². The Labute approximate surface area is 129 Å². The summed E-state index contributed by atoms with van der Waals surface area (Å²) in [6.45, 7) is -0.0874. The predicted octanol–water partition coefficient (Wildman–Crippen LogP) is 2.58. The zero-order valence-electron chi connectivity index (χ0n) is 12.6. The number of carbonyl (C=O) groups excluding carboxylic acids is 2. The van der Waals surface area contributed by atoms with Crippen LogP contribution in [0.4, 0.5) is 11.4 Å². The molecule has 0 bridgehead atoms. The van der Waals surface area contributed by atoms with Gasteiger partial charge >= 0.3 is 0 Å². The first kappa shape index (κ1) is 15.6. The molecule has 2 aromatic rings. The molecule has 0 unspecified atom stereocenters. The number of benzene rings is 2. The quantitative estimate of drug-likeness (QED) is 0.833. The second-order valence-electron chi connectivity index (χ2n) is 4.97. The van der Waals surface area contributed by atoms with Crippen molar-refractivity contribution >= 4 is 23.6 Å². The molecule has 1 N–H and O–H groups in total. The molecule has 0 saturated heterocycles. The summed E-state index contributed by atoms with van der Waals surface area (Å²) >= 11 is 0. The highest BCUT2D eigenvalue weighted by atomic mass is 16.5. The fourth-order valence-corrected chi connectivity index (χ4v) is 1.83. The molecule has 2 rings (SSSR count). The molecule has 0 aliphatic heterocycles. The molecular weight excluding hydrogens is 280 g/mol. The molecule has 0 aliphatic rings. The smallest absolute Gasteiger partial charge is 0.262 e. The number of carbonyl (C=O) groups is 2. The first-order chi connectivity index (χ1) is 10.6. The minimum absolute atomic E-state index is 0.0874. The van der Waals surface area contributed by atoms with Crippen LogP contribution in [-0.4, -0.2) is 32.9 Å². The monoisotopic (exact) mass is 298 g/mol. The average molecular weight is 298 g/mol. The molecule has 2 aromatic carbocycles. The minimum Gasteiger partial charge on any atom is -0.484 e. The average Bonchev–Trinajstić information content (AvgIpc) is 2.54. The lowest BCUT2D eigenvalue weighted by Gasteiger charge is -2.13. The van der Waals surface area contributed by atoms with E-state index in [4.69, 9.17) is 4.74 Å². The van der Waals surface area contributed by atoms with Crippen molar-refractivity contribution in [2.24, 2.45) is 0 Å². The van der Waals surface area contributed by atoms with Gasteiger partial charge in [-0.1, -0.05) is 0 Å². The summed E-state index contributed by atoms with van der Waals surface area (Å²) < 4.78 is 5.37. The van der Waals surface area contributed by atoms with E-state index in [9.17, 15) is 9.59 Å². The molecule has 0 atom stereocenters. The number of aldehydes is 1. The van der Waals surface area contributed by atoms with Gasteiger partial charge in [0.2, 0.25) is 0 Å². The number of amides is 1. The number of hydrogen-bond acceptors (Lipinski definition) is 4. The largest absolute Gasteiger partial charge is 0.484 e. The highest BCUT2D eigenvalue weighted by molar-refractivity contribution is 5.92. The van der Waals surface area contributed by atoms with E-state index >= 15 is 0 Å².